The number of carbonyl (C=O) groups excluding carboxylic acids is 1. The summed E-state index contributed by atoms with van der Waals surface area (Å²) in [4.78, 5) is 28.4. The summed E-state index contributed by atoms with van der Waals surface area (Å²) in [7, 11) is 4.07. The number of anilines is 2. The zero-order chi connectivity index (χ0) is 27.5. The molecular weight excluding hydrogens is 517 g/mol. The van der Waals surface area contributed by atoms with E-state index in [-0.39, 0.29) is 10.8 Å². The maximum atomic E-state index is 14.4. The van der Waals surface area contributed by atoms with Gasteiger partial charge < -0.3 is 19.4 Å². The van der Waals surface area contributed by atoms with Gasteiger partial charge in [0.25, 0.3) is 0 Å². The normalized spacial score (nSPS) is 17.7. The Kier molecular flexibility index (Phi) is 8.33. The van der Waals surface area contributed by atoms with Gasteiger partial charge in [0.1, 0.15) is 18.2 Å². The summed E-state index contributed by atoms with van der Waals surface area (Å²) in [6.45, 7) is 5.20. The summed E-state index contributed by atoms with van der Waals surface area (Å²) in [6.07, 6.45) is 6.72. The molecule has 3 aromatic rings. The number of nitrogens with zero attached hydrogens (tertiary/aromatic N) is 5. The second-order valence-electron chi connectivity index (χ2n) is 10.4. The molecule has 39 heavy (non-hydrogen) atoms. The number of allylic oxidation sites excluding steroid dienone is 2. The third-order valence-corrected chi connectivity index (χ3v) is 8.13. The highest BCUT2D eigenvalue weighted by atomic mass is 35.5. The molecule has 2 aliphatic rings. The molecule has 9 heteroatoms. The number of hydrogen-bond acceptors (Lipinski definition) is 7. The quantitative estimate of drug-likeness (QED) is 0.329. The fourth-order valence-electron chi connectivity index (χ4n) is 5.54. The largest absolute Gasteiger partial charge is 0.462 e. The molecule has 206 valence electrons. The molecular formula is C30H35ClFN5O2. The van der Waals surface area contributed by atoms with E-state index in [0.29, 0.717) is 56.5 Å². The Hall–Kier alpha value is -3.23. The smallest absolute Gasteiger partial charge is 0.318 e. The Morgan fingerprint density at radius 3 is 2.87 bits per heavy atom. The molecule has 0 unspecified atom stereocenters. The van der Waals surface area contributed by atoms with Gasteiger partial charge in [0, 0.05) is 49.2 Å². The molecule has 1 fully saturated rings. The number of benzene rings is 2. The van der Waals surface area contributed by atoms with E-state index in [2.05, 4.69) is 16.8 Å². The van der Waals surface area contributed by atoms with Gasteiger partial charge in [-0.1, -0.05) is 35.9 Å². The van der Waals surface area contributed by atoms with Crippen molar-refractivity contribution in [2.24, 2.45) is 0 Å². The van der Waals surface area contributed by atoms with E-state index in [0.717, 1.165) is 47.5 Å². The van der Waals surface area contributed by atoms with Crippen LogP contribution < -0.4 is 14.5 Å². The van der Waals surface area contributed by atoms with Crippen molar-refractivity contribution in [2.45, 2.75) is 45.2 Å². The summed E-state index contributed by atoms with van der Waals surface area (Å²) in [6, 6.07) is 9.74. The molecule has 5 rings (SSSR count). The molecule has 0 radical (unpaired) electrons. The van der Waals surface area contributed by atoms with E-state index in [9.17, 15) is 9.18 Å². The minimum Gasteiger partial charge on any atom is -0.462 e. The standard InChI is InChI=1S/C30H35ClFN5O2/c1-4-7-22(38)13-16-36(3)29-23-14-17-37(26-10-5-8-20-11-12-24(32)28(31)27(20)26)18-25(23)33-30(34-29)39-19-21-9-6-15-35(21)2/h4-5,7-8,10-12,21H,6,9,13-19H2,1-3H3/b7-4+/t21-/m0/s1. The summed E-state index contributed by atoms with van der Waals surface area (Å²) >= 11 is 6.45. The average molecular weight is 552 g/mol. The van der Waals surface area contributed by atoms with E-state index in [1.807, 2.05) is 37.1 Å². The van der Waals surface area contributed by atoms with Crippen LogP contribution in [0.4, 0.5) is 15.9 Å². The second kappa shape index (κ2) is 11.9. The minimum absolute atomic E-state index is 0.0826. The van der Waals surface area contributed by atoms with Crippen molar-refractivity contribution in [1.82, 2.24) is 14.9 Å². The molecule has 2 aliphatic heterocycles. The SMILES string of the molecule is C/C=C/C(=O)CCN(C)c1nc(OC[C@@H]2CCCN2C)nc2c1CCN(c1cccc3ccc(F)c(Cl)c13)C2. The Morgan fingerprint density at radius 1 is 1.26 bits per heavy atom. The van der Waals surface area contributed by atoms with Crippen molar-refractivity contribution in [2.75, 3.05) is 50.1 Å². The molecule has 3 heterocycles. The summed E-state index contributed by atoms with van der Waals surface area (Å²) in [5.41, 5.74) is 2.80. The van der Waals surface area contributed by atoms with Crippen LogP contribution >= 0.6 is 11.6 Å². The zero-order valence-corrected chi connectivity index (χ0v) is 23.5. The van der Waals surface area contributed by atoms with Gasteiger partial charge >= 0.3 is 6.01 Å². The number of hydrogen-bond donors (Lipinski definition) is 0. The van der Waals surface area contributed by atoms with Crippen molar-refractivity contribution < 1.29 is 13.9 Å². The van der Waals surface area contributed by atoms with Gasteiger partial charge in [-0.05, 0) is 63.4 Å². The lowest BCUT2D eigenvalue weighted by Gasteiger charge is -2.33. The molecule has 0 bridgehead atoms. The van der Waals surface area contributed by atoms with Gasteiger partial charge in [0.2, 0.25) is 0 Å². The first kappa shape index (κ1) is 27.3. The molecule has 1 atom stereocenters. The third kappa shape index (κ3) is 5.87. The number of likely N-dealkylation sites (N-methyl/N-ethyl adjacent to an activating group) is 1. The van der Waals surface area contributed by atoms with Crippen LogP contribution in [0.25, 0.3) is 10.8 Å². The predicted molar refractivity (Wildman–Crippen MR) is 155 cm³/mol. The molecule has 0 spiro atoms. The number of ketones is 1. The van der Waals surface area contributed by atoms with Crippen LogP contribution in [0.15, 0.2) is 42.5 Å². The van der Waals surface area contributed by atoms with Crippen LogP contribution in [-0.2, 0) is 17.8 Å². The predicted octanol–water partition coefficient (Wildman–Crippen LogP) is 5.43. The Morgan fingerprint density at radius 2 is 2.10 bits per heavy atom. The van der Waals surface area contributed by atoms with Gasteiger partial charge in [-0.3, -0.25) is 4.79 Å². The maximum Gasteiger partial charge on any atom is 0.318 e. The van der Waals surface area contributed by atoms with E-state index in [1.54, 1.807) is 18.2 Å². The van der Waals surface area contributed by atoms with E-state index >= 15 is 0 Å². The second-order valence-corrected chi connectivity index (χ2v) is 10.8. The monoisotopic (exact) mass is 551 g/mol. The number of fused-ring (bicyclic) bond motifs is 2. The number of carbonyl (C=O) groups is 1. The Bertz CT molecular complexity index is 1400. The highest BCUT2D eigenvalue weighted by Crippen LogP contribution is 2.37. The number of halogens is 2. The number of aromatic nitrogens is 2. The highest BCUT2D eigenvalue weighted by Gasteiger charge is 2.27. The molecule has 1 aromatic heterocycles. The number of ether oxygens (including phenoxy) is 1. The number of rotatable bonds is 9. The lowest BCUT2D eigenvalue weighted by molar-refractivity contribution is -0.114. The third-order valence-electron chi connectivity index (χ3n) is 7.76. The Labute approximate surface area is 234 Å². The first-order valence-electron chi connectivity index (χ1n) is 13.6. The van der Waals surface area contributed by atoms with E-state index in [1.165, 1.54) is 6.07 Å². The van der Waals surface area contributed by atoms with Crippen LogP contribution in [0.3, 0.4) is 0 Å². The van der Waals surface area contributed by atoms with Crippen LogP contribution in [0.5, 0.6) is 6.01 Å². The van der Waals surface area contributed by atoms with Crippen LogP contribution in [0.2, 0.25) is 5.02 Å². The lowest BCUT2D eigenvalue weighted by atomic mass is 10.0. The topological polar surface area (TPSA) is 61.8 Å². The summed E-state index contributed by atoms with van der Waals surface area (Å²) in [5, 5.41) is 1.73. The summed E-state index contributed by atoms with van der Waals surface area (Å²) < 4.78 is 20.6. The fourth-order valence-corrected chi connectivity index (χ4v) is 5.81. The van der Waals surface area contributed by atoms with Crippen molar-refractivity contribution >= 4 is 39.7 Å². The minimum atomic E-state index is -0.430. The van der Waals surface area contributed by atoms with Gasteiger partial charge in [-0.15, -0.1) is 0 Å². The zero-order valence-electron chi connectivity index (χ0n) is 22.8. The molecule has 1 saturated heterocycles. The lowest BCUT2D eigenvalue weighted by Crippen LogP contribution is -2.34. The summed E-state index contributed by atoms with van der Waals surface area (Å²) in [5.74, 6) is 0.448. The van der Waals surface area contributed by atoms with Gasteiger partial charge in [-0.2, -0.15) is 9.97 Å². The fraction of sp³-hybridized carbons (Fsp3) is 0.433. The van der Waals surface area contributed by atoms with Crippen molar-refractivity contribution in [3.05, 3.63) is 64.6 Å². The van der Waals surface area contributed by atoms with Crippen LogP contribution in [0.1, 0.15) is 37.4 Å². The molecule has 0 aliphatic carbocycles. The highest BCUT2D eigenvalue weighted by molar-refractivity contribution is 6.36. The van der Waals surface area contributed by atoms with Crippen molar-refractivity contribution in [3.8, 4) is 6.01 Å². The van der Waals surface area contributed by atoms with Crippen LogP contribution in [-0.4, -0.2) is 67.0 Å². The van der Waals surface area contributed by atoms with Crippen LogP contribution in [0, 0.1) is 5.82 Å². The van der Waals surface area contributed by atoms with E-state index < -0.39 is 5.82 Å². The first-order chi connectivity index (χ1) is 18.9. The van der Waals surface area contributed by atoms with E-state index in [4.69, 9.17) is 26.3 Å². The van der Waals surface area contributed by atoms with Gasteiger partial charge in [-0.25, -0.2) is 4.39 Å². The van der Waals surface area contributed by atoms with Crippen molar-refractivity contribution in [3.63, 3.8) is 0 Å². The number of likely N-dealkylation sites (tertiary alicyclic amines) is 1. The molecule has 2 aromatic carbocycles. The molecule has 0 saturated carbocycles. The molecule has 0 N–H and O–H groups in total. The van der Waals surface area contributed by atoms with Gasteiger partial charge in [0.15, 0.2) is 5.78 Å². The maximum absolute atomic E-state index is 14.4. The average Bonchev–Trinajstić information content (AvgIpc) is 3.36. The first-order valence-corrected chi connectivity index (χ1v) is 13.9. The van der Waals surface area contributed by atoms with Crippen molar-refractivity contribution in [1.29, 1.82) is 0 Å². The molecule has 0 amide bonds. The van der Waals surface area contributed by atoms with Gasteiger partial charge in [0.05, 0.1) is 17.3 Å². The molecule has 7 nitrogen and oxygen atoms in total. The Balaban J connectivity index is 1.46.